The second-order valence-electron chi connectivity index (χ2n) is 8.79. The van der Waals surface area contributed by atoms with Crippen LogP contribution < -0.4 is 0 Å². The van der Waals surface area contributed by atoms with Crippen LogP contribution in [0.15, 0.2) is 22.0 Å². The summed E-state index contributed by atoms with van der Waals surface area (Å²) in [5.41, 5.74) is 2.84. The van der Waals surface area contributed by atoms with Gasteiger partial charge in [-0.3, -0.25) is 0 Å². The Morgan fingerprint density at radius 3 is 2.54 bits per heavy atom. The third-order valence-electron chi connectivity index (χ3n) is 7.90. The Kier molecular flexibility index (Phi) is 3.57. The Balaban J connectivity index is 1.73. The summed E-state index contributed by atoms with van der Waals surface area (Å²) in [5, 5.41) is 36.6. The molecule has 0 aliphatic heterocycles. The zero-order chi connectivity index (χ0) is 17.1. The lowest BCUT2D eigenvalue weighted by molar-refractivity contribution is -0.103. The van der Waals surface area contributed by atoms with Gasteiger partial charge in [-0.2, -0.15) is 0 Å². The Bertz CT molecular complexity index is 641. The van der Waals surface area contributed by atoms with E-state index in [0.717, 1.165) is 49.9 Å². The van der Waals surface area contributed by atoms with Gasteiger partial charge in [0.2, 0.25) is 0 Å². The van der Waals surface area contributed by atoms with Gasteiger partial charge in [0.05, 0.1) is 17.5 Å². The summed E-state index contributed by atoms with van der Waals surface area (Å²) in [5.74, 6) is 1.24. The van der Waals surface area contributed by atoms with Crippen LogP contribution in [0.1, 0.15) is 58.8 Å². The van der Waals surface area contributed by atoms with E-state index >= 15 is 0 Å². The van der Waals surface area contributed by atoms with Crippen molar-refractivity contribution in [1.29, 1.82) is 0 Å². The number of fused-ring (bicyclic) bond motifs is 5. The predicted octanol–water partition coefficient (Wildman–Crippen LogP) is 3.58. The average molecular weight is 332 g/mol. The molecule has 0 unspecified atom stereocenters. The standard InChI is InChI=1S/C19H28N2O3/c1-18-8-7-12(20-23)9-11(18)3-4-13-14-5-6-16(21-24)19(14,2)10-15(22)17(13)18/h9,13-15,17,22-24H,3-8,10H2,1-2H3/b20-12+,21-16-/t13-,14-,15-,17+,18-,19-/m0/s1. The van der Waals surface area contributed by atoms with E-state index in [2.05, 4.69) is 30.2 Å². The van der Waals surface area contributed by atoms with E-state index in [1.54, 1.807) is 0 Å². The molecule has 4 aliphatic rings. The molecule has 0 aromatic heterocycles. The molecule has 4 rings (SSSR count). The fourth-order valence-corrected chi connectivity index (χ4v) is 6.73. The first-order valence-corrected chi connectivity index (χ1v) is 9.25. The van der Waals surface area contributed by atoms with E-state index < -0.39 is 0 Å². The maximum atomic E-state index is 11.1. The molecule has 6 atom stereocenters. The Labute approximate surface area is 143 Å². The van der Waals surface area contributed by atoms with Crippen molar-refractivity contribution in [2.45, 2.75) is 64.9 Å². The number of aliphatic hydroxyl groups excluding tert-OH is 1. The van der Waals surface area contributed by atoms with E-state index in [1.807, 2.05) is 0 Å². The highest BCUT2D eigenvalue weighted by Crippen LogP contribution is 2.64. The van der Waals surface area contributed by atoms with Crippen molar-refractivity contribution >= 4 is 11.4 Å². The van der Waals surface area contributed by atoms with Crippen LogP contribution in [0.5, 0.6) is 0 Å². The third-order valence-corrected chi connectivity index (χ3v) is 7.90. The number of hydrogen-bond acceptors (Lipinski definition) is 5. The lowest BCUT2D eigenvalue weighted by atomic mass is 9.46. The van der Waals surface area contributed by atoms with Gasteiger partial charge in [0.15, 0.2) is 0 Å². The molecule has 132 valence electrons. The third kappa shape index (κ3) is 1.97. The SMILES string of the molecule is C[C@]12CC/C(=N\O)C=C1CC[C@@H]1[C@@H]2[C@@H](O)C[C@]2(C)/C(=N\O)CC[C@@H]12. The Morgan fingerprint density at radius 1 is 1.04 bits per heavy atom. The van der Waals surface area contributed by atoms with E-state index in [9.17, 15) is 10.3 Å². The molecule has 3 N–H and O–H groups in total. The fraction of sp³-hybridized carbons (Fsp3) is 0.789. The molecule has 5 heteroatoms. The summed E-state index contributed by atoms with van der Waals surface area (Å²) in [7, 11) is 0. The molecule has 24 heavy (non-hydrogen) atoms. The minimum Gasteiger partial charge on any atom is -0.411 e. The van der Waals surface area contributed by atoms with Gasteiger partial charge in [-0.1, -0.05) is 29.7 Å². The van der Waals surface area contributed by atoms with Crippen LogP contribution in [0.25, 0.3) is 0 Å². The van der Waals surface area contributed by atoms with Crippen molar-refractivity contribution in [2.75, 3.05) is 0 Å². The highest BCUT2D eigenvalue weighted by atomic mass is 16.4. The topological polar surface area (TPSA) is 85.4 Å². The maximum absolute atomic E-state index is 11.1. The van der Waals surface area contributed by atoms with Crippen LogP contribution in [0.2, 0.25) is 0 Å². The summed E-state index contributed by atoms with van der Waals surface area (Å²) in [6.45, 7) is 4.48. The highest BCUT2D eigenvalue weighted by Gasteiger charge is 2.61. The van der Waals surface area contributed by atoms with Gasteiger partial charge in [-0.25, -0.2) is 0 Å². The number of rotatable bonds is 0. The van der Waals surface area contributed by atoms with Crippen LogP contribution in [0.3, 0.4) is 0 Å². The molecular weight excluding hydrogens is 304 g/mol. The van der Waals surface area contributed by atoms with Crippen LogP contribution in [0.4, 0.5) is 0 Å². The van der Waals surface area contributed by atoms with Gasteiger partial charge in [-0.15, -0.1) is 0 Å². The summed E-state index contributed by atoms with van der Waals surface area (Å²) >= 11 is 0. The zero-order valence-electron chi connectivity index (χ0n) is 14.6. The monoisotopic (exact) mass is 332 g/mol. The summed E-state index contributed by atoms with van der Waals surface area (Å²) < 4.78 is 0. The fourth-order valence-electron chi connectivity index (χ4n) is 6.73. The zero-order valence-corrected chi connectivity index (χ0v) is 14.6. The van der Waals surface area contributed by atoms with Crippen molar-refractivity contribution in [2.24, 2.45) is 38.9 Å². The van der Waals surface area contributed by atoms with Crippen LogP contribution in [0, 0.1) is 28.6 Å². The average Bonchev–Trinajstić information content (AvgIpc) is 2.89. The molecule has 3 fully saturated rings. The number of allylic oxidation sites excluding steroid dienone is 2. The maximum Gasteiger partial charge on any atom is 0.0795 e. The minimum atomic E-state index is -0.368. The molecule has 0 saturated heterocycles. The molecular formula is C19H28N2O3. The lowest BCUT2D eigenvalue weighted by Gasteiger charge is -2.59. The van der Waals surface area contributed by atoms with E-state index in [4.69, 9.17) is 5.21 Å². The first kappa shape index (κ1) is 16.1. The van der Waals surface area contributed by atoms with Gasteiger partial charge in [-0.05, 0) is 74.2 Å². The molecule has 0 spiro atoms. The molecule has 0 aromatic rings. The van der Waals surface area contributed by atoms with Gasteiger partial charge in [0.25, 0.3) is 0 Å². The summed E-state index contributed by atoms with van der Waals surface area (Å²) in [6.07, 6.45) is 8.13. The minimum absolute atomic E-state index is 0.00301. The number of hydrogen-bond donors (Lipinski definition) is 3. The predicted molar refractivity (Wildman–Crippen MR) is 91.5 cm³/mol. The first-order chi connectivity index (χ1) is 11.4. The van der Waals surface area contributed by atoms with Crippen molar-refractivity contribution < 1.29 is 15.5 Å². The summed E-state index contributed by atoms with van der Waals surface area (Å²) in [4.78, 5) is 0. The largest absolute Gasteiger partial charge is 0.411 e. The van der Waals surface area contributed by atoms with Gasteiger partial charge >= 0.3 is 0 Å². The van der Waals surface area contributed by atoms with Crippen molar-refractivity contribution in [1.82, 2.24) is 0 Å². The second kappa shape index (κ2) is 5.32. The lowest BCUT2D eigenvalue weighted by Crippen LogP contribution is -2.56. The van der Waals surface area contributed by atoms with E-state index in [-0.39, 0.29) is 22.9 Å². The van der Waals surface area contributed by atoms with E-state index in [1.165, 1.54) is 5.57 Å². The van der Waals surface area contributed by atoms with Crippen LogP contribution in [-0.4, -0.2) is 33.0 Å². The highest BCUT2D eigenvalue weighted by molar-refractivity contribution is 5.96. The number of aliphatic hydroxyl groups is 1. The quantitative estimate of drug-likeness (QED) is 0.468. The van der Waals surface area contributed by atoms with Crippen molar-refractivity contribution in [3.63, 3.8) is 0 Å². The molecule has 0 heterocycles. The number of oxime groups is 2. The molecule has 0 bridgehead atoms. The molecule has 0 aromatic carbocycles. The van der Waals surface area contributed by atoms with Crippen molar-refractivity contribution in [3.8, 4) is 0 Å². The van der Waals surface area contributed by atoms with Crippen LogP contribution >= 0.6 is 0 Å². The molecule has 0 radical (unpaired) electrons. The molecule has 5 nitrogen and oxygen atoms in total. The Hall–Kier alpha value is -1.36. The molecule has 0 amide bonds. The second-order valence-corrected chi connectivity index (χ2v) is 8.79. The van der Waals surface area contributed by atoms with Crippen LogP contribution in [-0.2, 0) is 0 Å². The molecule has 4 aliphatic carbocycles. The van der Waals surface area contributed by atoms with Crippen molar-refractivity contribution in [3.05, 3.63) is 11.6 Å². The summed E-state index contributed by atoms with van der Waals surface area (Å²) in [6, 6.07) is 0. The normalized spacial score (nSPS) is 51.0. The first-order valence-electron chi connectivity index (χ1n) is 9.25. The van der Waals surface area contributed by atoms with Gasteiger partial charge in [0.1, 0.15) is 0 Å². The molecule has 3 saturated carbocycles. The van der Waals surface area contributed by atoms with E-state index in [0.29, 0.717) is 18.3 Å². The Morgan fingerprint density at radius 2 is 1.83 bits per heavy atom. The number of nitrogens with zero attached hydrogens (tertiary/aromatic N) is 2. The van der Waals surface area contributed by atoms with Gasteiger partial charge in [0, 0.05) is 5.41 Å². The van der Waals surface area contributed by atoms with Gasteiger partial charge < -0.3 is 15.5 Å². The smallest absolute Gasteiger partial charge is 0.0795 e.